The highest BCUT2D eigenvalue weighted by Crippen LogP contribution is 2.25. The first kappa shape index (κ1) is 10.1. The lowest BCUT2D eigenvalue weighted by molar-refractivity contribution is 0.123. The van der Waals surface area contributed by atoms with Crippen molar-refractivity contribution in [3.05, 3.63) is 29.1 Å². The van der Waals surface area contributed by atoms with Gasteiger partial charge >= 0.3 is 0 Å². The minimum Gasteiger partial charge on any atom is -0.378 e. The van der Waals surface area contributed by atoms with E-state index >= 15 is 0 Å². The predicted molar refractivity (Wildman–Crippen MR) is 65.9 cm³/mol. The van der Waals surface area contributed by atoms with Crippen molar-refractivity contribution in [1.29, 1.82) is 0 Å². The monoisotopic (exact) mass is 281 g/mol. The summed E-state index contributed by atoms with van der Waals surface area (Å²) in [7, 11) is 0. The molecule has 5 heteroatoms. The van der Waals surface area contributed by atoms with Gasteiger partial charge in [0.2, 0.25) is 0 Å². The second-order valence-electron chi connectivity index (χ2n) is 3.80. The number of hydrogen-bond donors (Lipinski definition) is 0. The lowest BCUT2D eigenvalue weighted by Crippen LogP contribution is -2.36. The van der Waals surface area contributed by atoms with Gasteiger partial charge in [0, 0.05) is 36.2 Å². The number of fused-ring (bicyclic) bond motifs is 1. The molecule has 0 amide bonds. The summed E-state index contributed by atoms with van der Waals surface area (Å²) in [6, 6.07) is 2.12. The molecule has 0 aromatic carbocycles. The van der Waals surface area contributed by atoms with Crippen LogP contribution in [0.5, 0.6) is 0 Å². The minimum absolute atomic E-state index is 0.791. The molecule has 0 unspecified atom stereocenters. The zero-order valence-electron chi connectivity index (χ0n) is 8.77. The standard InChI is InChI=1S/C11H12BrN3O/c12-9-7-10(14-3-5-16-6-4-14)11-13-1-2-15(11)8-9/h1-2,7-8H,3-6H2. The van der Waals surface area contributed by atoms with E-state index in [1.54, 1.807) is 0 Å². The van der Waals surface area contributed by atoms with Crippen molar-refractivity contribution in [1.82, 2.24) is 9.38 Å². The smallest absolute Gasteiger partial charge is 0.160 e. The van der Waals surface area contributed by atoms with Crippen LogP contribution in [0.3, 0.4) is 0 Å². The normalized spacial score (nSPS) is 16.9. The largest absolute Gasteiger partial charge is 0.378 e. The van der Waals surface area contributed by atoms with E-state index in [-0.39, 0.29) is 0 Å². The van der Waals surface area contributed by atoms with Gasteiger partial charge in [-0.15, -0.1) is 0 Å². The molecular weight excluding hydrogens is 270 g/mol. The second-order valence-corrected chi connectivity index (χ2v) is 4.72. The summed E-state index contributed by atoms with van der Waals surface area (Å²) >= 11 is 3.53. The summed E-state index contributed by atoms with van der Waals surface area (Å²) in [4.78, 5) is 6.71. The molecule has 1 aliphatic rings. The molecule has 84 valence electrons. The third-order valence-electron chi connectivity index (χ3n) is 2.79. The highest BCUT2D eigenvalue weighted by atomic mass is 79.9. The van der Waals surface area contributed by atoms with Crippen LogP contribution in [0.15, 0.2) is 29.1 Å². The number of rotatable bonds is 1. The van der Waals surface area contributed by atoms with Gasteiger partial charge in [0.1, 0.15) is 0 Å². The number of hydrogen-bond acceptors (Lipinski definition) is 3. The van der Waals surface area contributed by atoms with Crippen LogP contribution in [0.1, 0.15) is 0 Å². The Labute approximate surface area is 102 Å². The Bertz CT molecular complexity index is 505. The summed E-state index contributed by atoms with van der Waals surface area (Å²) in [5.74, 6) is 0. The number of pyridine rings is 1. The number of ether oxygens (including phenoxy) is 1. The molecule has 2 aromatic heterocycles. The average molecular weight is 282 g/mol. The molecule has 0 saturated carbocycles. The van der Waals surface area contributed by atoms with Gasteiger partial charge in [-0.3, -0.25) is 0 Å². The Morgan fingerprint density at radius 1 is 1.31 bits per heavy atom. The number of morpholine rings is 1. The van der Waals surface area contributed by atoms with Gasteiger partial charge in [-0.1, -0.05) is 0 Å². The van der Waals surface area contributed by atoms with E-state index in [1.807, 2.05) is 23.0 Å². The molecule has 3 rings (SSSR count). The third kappa shape index (κ3) is 1.70. The van der Waals surface area contributed by atoms with Gasteiger partial charge in [0.05, 0.1) is 18.9 Å². The SMILES string of the molecule is Brc1cc(N2CCOCC2)c2nccn2c1. The first-order chi connectivity index (χ1) is 7.84. The predicted octanol–water partition coefficient (Wildman–Crippen LogP) is 1.93. The number of imidazole rings is 1. The van der Waals surface area contributed by atoms with Crippen molar-refractivity contribution >= 4 is 27.3 Å². The van der Waals surface area contributed by atoms with Crippen LogP contribution in [0.2, 0.25) is 0 Å². The lowest BCUT2D eigenvalue weighted by atomic mass is 10.3. The van der Waals surface area contributed by atoms with Gasteiger partial charge in [0.25, 0.3) is 0 Å². The molecule has 1 saturated heterocycles. The van der Waals surface area contributed by atoms with Crippen LogP contribution in [-0.4, -0.2) is 35.7 Å². The van der Waals surface area contributed by atoms with E-state index in [4.69, 9.17) is 4.74 Å². The summed E-state index contributed by atoms with van der Waals surface area (Å²) in [5.41, 5.74) is 2.17. The van der Waals surface area contributed by atoms with Crippen LogP contribution in [0.25, 0.3) is 5.65 Å². The molecule has 3 heterocycles. The second kappa shape index (κ2) is 4.07. The summed E-state index contributed by atoms with van der Waals surface area (Å²) < 4.78 is 8.47. The maximum atomic E-state index is 5.36. The van der Waals surface area contributed by atoms with Crippen molar-refractivity contribution in [3.63, 3.8) is 0 Å². The Morgan fingerprint density at radius 3 is 2.94 bits per heavy atom. The van der Waals surface area contributed by atoms with Crippen LogP contribution in [0.4, 0.5) is 5.69 Å². The van der Waals surface area contributed by atoms with Crippen LogP contribution in [0, 0.1) is 0 Å². The summed E-state index contributed by atoms with van der Waals surface area (Å²) in [5, 5.41) is 0. The highest BCUT2D eigenvalue weighted by Gasteiger charge is 2.15. The van der Waals surface area contributed by atoms with Gasteiger partial charge in [-0.2, -0.15) is 0 Å². The maximum Gasteiger partial charge on any atom is 0.160 e. The topological polar surface area (TPSA) is 29.8 Å². The maximum absolute atomic E-state index is 5.36. The zero-order valence-corrected chi connectivity index (χ0v) is 10.4. The molecule has 0 spiro atoms. The molecule has 4 nitrogen and oxygen atoms in total. The zero-order chi connectivity index (χ0) is 11.0. The first-order valence-corrected chi connectivity index (χ1v) is 6.09. The fraction of sp³-hybridized carbons (Fsp3) is 0.364. The Hall–Kier alpha value is -1.07. The molecule has 1 aliphatic heterocycles. The molecule has 2 aromatic rings. The van der Waals surface area contributed by atoms with Gasteiger partial charge in [-0.05, 0) is 22.0 Å². The van der Waals surface area contributed by atoms with E-state index in [0.29, 0.717) is 0 Å². The van der Waals surface area contributed by atoms with E-state index in [2.05, 4.69) is 31.9 Å². The van der Waals surface area contributed by atoms with E-state index in [9.17, 15) is 0 Å². The quantitative estimate of drug-likeness (QED) is 0.800. The molecule has 0 atom stereocenters. The van der Waals surface area contributed by atoms with E-state index < -0.39 is 0 Å². The van der Waals surface area contributed by atoms with Crippen LogP contribution in [-0.2, 0) is 4.74 Å². The van der Waals surface area contributed by atoms with Gasteiger partial charge in [0.15, 0.2) is 5.65 Å². The van der Waals surface area contributed by atoms with Gasteiger partial charge in [-0.25, -0.2) is 4.98 Å². The van der Waals surface area contributed by atoms with Gasteiger partial charge < -0.3 is 14.0 Å². The van der Waals surface area contributed by atoms with Crippen molar-refractivity contribution in [2.75, 3.05) is 31.2 Å². The molecule has 0 N–H and O–H groups in total. The molecule has 0 bridgehead atoms. The molecule has 0 aliphatic carbocycles. The van der Waals surface area contributed by atoms with Crippen molar-refractivity contribution < 1.29 is 4.74 Å². The number of anilines is 1. The summed E-state index contributed by atoms with van der Waals surface area (Å²) in [6.07, 6.45) is 5.81. The number of nitrogens with zero attached hydrogens (tertiary/aromatic N) is 3. The van der Waals surface area contributed by atoms with Crippen molar-refractivity contribution in [3.8, 4) is 0 Å². The first-order valence-electron chi connectivity index (χ1n) is 5.29. The van der Waals surface area contributed by atoms with Crippen molar-refractivity contribution in [2.45, 2.75) is 0 Å². The van der Waals surface area contributed by atoms with Crippen LogP contribution < -0.4 is 4.90 Å². The Balaban J connectivity index is 2.09. The minimum atomic E-state index is 0.791. The van der Waals surface area contributed by atoms with Crippen LogP contribution >= 0.6 is 15.9 Å². The van der Waals surface area contributed by atoms with Crippen molar-refractivity contribution in [2.24, 2.45) is 0 Å². The Kier molecular flexibility index (Phi) is 2.57. The molecular formula is C11H12BrN3O. The third-order valence-corrected chi connectivity index (χ3v) is 3.22. The lowest BCUT2D eigenvalue weighted by Gasteiger charge is -2.29. The fourth-order valence-electron chi connectivity index (χ4n) is 2.02. The molecule has 0 radical (unpaired) electrons. The fourth-order valence-corrected chi connectivity index (χ4v) is 2.46. The van der Waals surface area contributed by atoms with E-state index in [0.717, 1.165) is 36.4 Å². The summed E-state index contributed by atoms with van der Waals surface area (Å²) in [6.45, 7) is 3.44. The van der Waals surface area contributed by atoms with E-state index in [1.165, 1.54) is 5.69 Å². The number of halogens is 1. The average Bonchev–Trinajstić information content (AvgIpc) is 2.77. The Morgan fingerprint density at radius 2 is 2.12 bits per heavy atom. The molecule has 1 fully saturated rings. The molecule has 16 heavy (non-hydrogen) atoms. The highest BCUT2D eigenvalue weighted by molar-refractivity contribution is 9.10. The number of aromatic nitrogens is 2.